The standard InChI is InChI=1S/C13H16F2N6O/c1-7-16-12(18-17-7)8-3-4-21(6-8)13(22)9-5-10(11(14)15)20(2)19-9/h5,8,11H,3-4,6H2,1-2H3,(H,16,17,18). The van der Waals surface area contributed by atoms with Crippen LogP contribution < -0.4 is 0 Å². The molecule has 9 heteroatoms. The largest absolute Gasteiger partial charge is 0.336 e. The summed E-state index contributed by atoms with van der Waals surface area (Å²) in [5.41, 5.74) is -0.215. The molecule has 1 fully saturated rings. The number of aryl methyl sites for hydroxylation is 2. The molecular weight excluding hydrogens is 294 g/mol. The minimum Gasteiger partial charge on any atom is -0.336 e. The Morgan fingerprint density at radius 2 is 2.27 bits per heavy atom. The number of likely N-dealkylation sites (tertiary alicyclic amines) is 1. The molecule has 3 rings (SSSR count). The van der Waals surface area contributed by atoms with Crippen LogP contribution in [0.3, 0.4) is 0 Å². The molecule has 2 aromatic heterocycles. The zero-order chi connectivity index (χ0) is 15.9. The summed E-state index contributed by atoms with van der Waals surface area (Å²) in [6, 6.07) is 1.15. The van der Waals surface area contributed by atoms with Crippen LogP contribution in [0.2, 0.25) is 0 Å². The molecule has 2 aromatic rings. The highest BCUT2D eigenvalue weighted by atomic mass is 19.3. The third-order valence-corrected chi connectivity index (χ3v) is 3.81. The molecule has 0 aliphatic carbocycles. The van der Waals surface area contributed by atoms with Gasteiger partial charge in [0.15, 0.2) is 11.5 Å². The van der Waals surface area contributed by atoms with Crippen LogP contribution in [0, 0.1) is 6.92 Å². The molecule has 0 spiro atoms. The van der Waals surface area contributed by atoms with Crippen molar-refractivity contribution in [3.63, 3.8) is 0 Å². The maximum Gasteiger partial charge on any atom is 0.280 e. The van der Waals surface area contributed by atoms with Gasteiger partial charge in [0, 0.05) is 26.1 Å². The van der Waals surface area contributed by atoms with Crippen molar-refractivity contribution in [2.75, 3.05) is 13.1 Å². The van der Waals surface area contributed by atoms with E-state index in [1.807, 2.05) is 6.92 Å². The van der Waals surface area contributed by atoms with Gasteiger partial charge in [-0.25, -0.2) is 13.8 Å². The SMILES string of the molecule is Cc1nc(C2CCN(C(=O)c3cc(C(F)F)n(C)n3)C2)n[nH]1. The molecule has 1 aliphatic rings. The summed E-state index contributed by atoms with van der Waals surface area (Å²) in [5, 5.41) is 10.8. The van der Waals surface area contributed by atoms with Gasteiger partial charge in [0.2, 0.25) is 0 Å². The highest BCUT2D eigenvalue weighted by molar-refractivity contribution is 5.92. The average Bonchev–Trinajstić information content (AvgIpc) is 3.16. The quantitative estimate of drug-likeness (QED) is 0.929. The third-order valence-electron chi connectivity index (χ3n) is 3.81. The minimum absolute atomic E-state index is 0.0459. The van der Waals surface area contributed by atoms with Gasteiger partial charge in [-0.15, -0.1) is 0 Å². The van der Waals surface area contributed by atoms with Gasteiger partial charge in [-0.2, -0.15) is 10.2 Å². The second-order valence-corrected chi connectivity index (χ2v) is 5.39. The van der Waals surface area contributed by atoms with Crippen LogP contribution in [0.25, 0.3) is 0 Å². The van der Waals surface area contributed by atoms with Gasteiger partial charge in [0.1, 0.15) is 11.5 Å². The van der Waals surface area contributed by atoms with Gasteiger partial charge in [0.25, 0.3) is 12.3 Å². The van der Waals surface area contributed by atoms with Gasteiger partial charge in [-0.1, -0.05) is 0 Å². The number of aromatic nitrogens is 5. The molecule has 0 bridgehead atoms. The van der Waals surface area contributed by atoms with Crippen LogP contribution in [-0.4, -0.2) is 48.9 Å². The first-order valence-electron chi connectivity index (χ1n) is 6.96. The molecule has 0 aromatic carbocycles. The van der Waals surface area contributed by atoms with Crippen LogP contribution in [-0.2, 0) is 7.05 Å². The van der Waals surface area contributed by atoms with Gasteiger partial charge >= 0.3 is 0 Å². The van der Waals surface area contributed by atoms with Crippen LogP contribution in [0.5, 0.6) is 0 Å². The summed E-state index contributed by atoms with van der Waals surface area (Å²) < 4.78 is 26.6. The van der Waals surface area contributed by atoms with E-state index >= 15 is 0 Å². The number of nitrogens with one attached hydrogen (secondary N) is 1. The van der Waals surface area contributed by atoms with Crippen molar-refractivity contribution in [1.82, 2.24) is 29.9 Å². The Morgan fingerprint density at radius 3 is 2.86 bits per heavy atom. The van der Waals surface area contributed by atoms with E-state index in [2.05, 4.69) is 20.3 Å². The first-order valence-corrected chi connectivity index (χ1v) is 6.96. The molecular formula is C13H16F2N6O. The van der Waals surface area contributed by atoms with Crippen molar-refractivity contribution in [2.24, 2.45) is 7.05 Å². The maximum atomic E-state index is 12.8. The van der Waals surface area contributed by atoms with Gasteiger partial charge in [-0.3, -0.25) is 14.6 Å². The van der Waals surface area contributed by atoms with Crippen molar-refractivity contribution in [1.29, 1.82) is 0 Å². The monoisotopic (exact) mass is 310 g/mol. The van der Waals surface area contributed by atoms with Crippen molar-refractivity contribution in [3.05, 3.63) is 29.1 Å². The Kier molecular flexibility index (Phi) is 3.63. The van der Waals surface area contributed by atoms with E-state index in [4.69, 9.17) is 0 Å². The maximum absolute atomic E-state index is 12.8. The van der Waals surface area contributed by atoms with E-state index in [-0.39, 0.29) is 23.2 Å². The highest BCUT2D eigenvalue weighted by Gasteiger charge is 2.32. The number of amides is 1. The summed E-state index contributed by atoms with van der Waals surface area (Å²) in [6.07, 6.45) is -1.90. The first-order chi connectivity index (χ1) is 10.5. The van der Waals surface area contributed by atoms with Crippen LogP contribution in [0.4, 0.5) is 8.78 Å². The first kappa shape index (κ1) is 14.6. The molecule has 1 unspecified atom stereocenters. The number of rotatable bonds is 3. The normalized spacial score (nSPS) is 18.4. The summed E-state index contributed by atoms with van der Waals surface area (Å²) in [4.78, 5) is 18.3. The van der Waals surface area contributed by atoms with Crippen molar-refractivity contribution >= 4 is 5.91 Å². The fourth-order valence-electron chi connectivity index (χ4n) is 2.65. The van der Waals surface area contributed by atoms with Crippen molar-refractivity contribution in [3.8, 4) is 0 Å². The van der Waals surface area contributed by atoms with E-state index in [9.17, 15) is 13.6 Å². The molecule has 1 saturated heterocycles. The Bertz CT molecular complexity index is 695. The Hall–Kier alpha value is -2.32. The van der Waals surface area contributed by atoms with Crippen LogP contribution in [0.15, 0.2) is 6.07 Å². The Morgan fingerprint density at radius 1 is 1.50 bits per heavy atom. The van der Waals surface area contributed by atoms with E-state index in [0.717, 1.165) is 23.0 Å². The van der Waals surface area contributed by atoms with E-state index in [1.54, 1.807) is 4.90 Å². The molecule has 1 amide bonds. The zero-order valence-electron chi connectivity index (χ0n) is 12.3. The number of aromatic amines is 1. The summed E-state index contributed by atoms with van der Waals surface area (Å²) >= 11 is 0. The zero-order valence-corrected chi connectivity index (χ0v) is 12.3. The predicted octanol–water partition coefficient (Wildman–Crippen LogP) is 1.41. The lowest BCUT2D eigenvalue weighted by atomic mass is 10.1. The summed E-state index contributed by atoms with van der Waals surface area (Å²) in [7, 11) is 1.40. The molecule has 1 atom stereocenters. The molecule has 22 heavy (non-hydrogen) atoms. The summed E-state index contributed by atoms with van der Waals surface area (Å²) in [6.45, 7) is 2.82. The number of carbonyl (C=O) groups excluding carboxylic acids is 1. The van der Waals surface area contributed by atoms with Gasteiger partial charge < -0.3 is 4.90 Å². The van der Waals surface area contributed by atoms with Crippen molar-refractivity contribution in [2.45, 2.75) is 25.7 Å². The number of halogens is 2. The van der Waals surface area contributed by atoms with E-state index in [0.29, 0.717) is 18.9 Å². The molecule has 7 nitrogen and oxygen atoms in total. The minimum atomic E-state index is -2.65. The Labute approximate surface area is 125 Å². The predicted molar refractivity (Wildman–Crippen MR) is 72.5 cm³/mol. The third kappa shape index (κ3) is 2.58. The fourth-order valence-corrected chi connectivity index (χ4v) is 2.65. The van der Waals surface area contributed by atoms with Crippen molar-refractivity contribution < 1.29 is 13.6 Å². The number of hydrogen-bond donors (Lipinski definition) is 1. The molecule has 1 aliphatic heterocycles. The smallest absolute Gasteiger partial charge is 0.280 e. The second kappa shape index (κ2) is 5.47. The average molecular weight is 310 g/mol. The van der Waals surface area contributed by atoms with Crippen LogP contribution >= 0.6 is 0 Å². The topological polar surface area (TPSA) is 79.7 Å². The Balaban J connectivity index is 1.72. The van der Waals surface area contributed by atoms with E-state index in [1.165, 1.54) is 7.05 Å². The number of hydrogen-bond acceptors (Lipinski definition) is 4. The lowest BCUT2D eigenvalue weighted by Gasteiger charge is -2.14. The number of H-pyrrole nitrogens is 1. The fraction of sp³-hybridized carbons (Fsp3) is 0.538. The lowest BCUT2D eigenvalue weighted by Crippen LogP contribution is -2.29. The second-order valence-electron chi connectivity index (χ2n) is 5.39. The highest BCUT2D eigenvalue weighted by Crippen LogP contribution is 2.26. The number of carbonyl (C=O) groups is 1. The molecule has 1 N–H and O–H groups in total. The molecule has 3 heterocycles. The summed E-state index contributed by atoms with van der Waals surface area (Å²) in [5.74, 6) is 1.14. The van der Waals surface area contributed by atoms with E-state index < -0.39 is 6.43 Å². The number of alkyl halides is 2. The van der Waals surface area contributed by atoms with Crippen LogP contribution in [0.1, 0.15) is 46.6 Å². The molecule has 0 radical (unpaired) electrons. The lowest BCUT2D eigenvalue weighted by molar-refractivity contribution is 0.0784. The number of nitrogens with zero attached hydrogens (tertiary/aromatic N) is 5. The molecule has 0 saturated carbocycles. The van der Waals surface area contributed by atoms with Gasteiger partial charge in [-0.05, 0) is 19.4 Å². The molecule has 118 valence electrons. The van der Waals surface area contributed by atoms with Gasteiger partial charge in [0.05, 0.1) is 0 Å².